The molecule has 0 atom stereocenters. The number of piperidine rings is 1. The van der Waals surface area contributed by atoms with Crippen molar-refractivity contribution in [3.05, 3.63) is 45.7 Å². The first kappa shape index (κ1) is 19.0. The van der Waals surface area contributed by atoms with Crippen LogP contribution in [0.2, 0.25) is 0 Å². The molecular formula is C20H27BrN4O. The largest absolute Gasteiger partial charge is 0.372 e. The first-order chi connectivity index (χ1) is 12.5. The Kier molecular flexibility index (Phi) is 6.01. The van der Waals surface area contributed by atoms with Crippen molar-refractivity contribution in [3.63, 3.8) is 0 Å². The zero-order valence-electron chi connectivity index (χ0n) is 15.8. The zero-order valence-corrected chi connectivity index (χ0v) is 17.3. The average Bonchev–Trinajstić information content (AvgIpc) is 3.04. The number of H-pyrrole nitrogens is 1. The van der Waals surface area contributed by atoms with E-state index in [4.69, 9.17) is 0 Å². The molecule has 1 aromatic carbocycles. The van der Waals surface area contributed by atoms with Gasteiger partial charge in [0.2, 0.25) is 0 Å². The van der Waals surface area contributed by atoms with Gasteiger partial charge in [-0.3, -0.25) is 9.89 Å². The lowest BCUT2D eigenvalue weighted by Gasteiger charge is -2.29. The molecule has 26 heavy (non-hydrogen) atoms. The minimum Gasteiger partial charge on any atom is -0.372 e. The smallest absolute Gasteiger partial charge is 0.275 e. The van der Waals surface area contributed by atoms with E-state index in [0.29, 0.717) is 12.2 Å². The van der Waals surface area contributed by atoms with Crippen LogP contribution in [0.15, 0.2) is 28.7 Å². The molecule has 0 spiro atoms. The summed E-state index contributed by atoms with van der Waals surface area (Å²) in [4.78, 5) is 16.9. The fourth-order valence-electron chi connectivity index (χ4n) is 3.36. The molecule has 1 aliphatic rings. The third kappa shape index (κ3) is 4.11. The molecule has 1 amide bonds. The SMILES string of the molecule is CC(C)c1[nH]nc(C(=O)N(C)Cc2ccc(N3CCCCC3)cc2)c1Br. The number of nitrogens with one attached hydrogen (secondary N) is 1. The average molecular weight is 419 g/mol. The van der Waals surface area contributed by atoms with Crippen LogP contribution in [-0.4, -0.2) is 41.1 Å². The highest BCUT2D eigenvalue weighted by molar-refractivity contribution is 9.10. The second-order valence-corrected chi connectivity index (χ2v) is 8.12. The molecule has 6 heteroatoms. The van der Waals surface area contributed by atoms with Gasteiger partial charge in [0.15, 0.2) is 5.69 Å². The first-order valence-corrected chi connectivity index (χ1v) is 10.1. The molecule has 5 nitrogen and oxygen atoms in total. The summed E-state index contributed by atoms with van der Waals surface area (Å²) in [6.07, 6.45) is 3.88. The number of hydrogen-bond donors (Lipinski definition) is 1. The second-order valence-electron chi connectivity index (χ2n) is 7.33. The maximum Gasteiger partial charge on any atom is 0.275 e. The fourth-order valence-corrected chi connectivity index (χ4v) is 4.16. The number of amides is 1. The maximum absolute atomic E-state index is 12.7. The minimum atomic E-state index is -0.0832. The predicted molar refractivity (Wildman–Crippen MR) is 109 cm³/mol. The number of aromatic amines is 1. The quantitative estimate of drug-likeness (QED) is 0.773. The van der Waals surface area contributed by atoms with Gasteiger partial charge in [-0.05, 0) is 58.8 Å². The van der Waals surface area contributed by atoms with E-state index in [1.54, 1.807) is 4.90 Å². The lowest BCUT2D eigenvalue weighted by Crippen LogP contribution is -2.29. The van der Waals surface area contributed by atoms with Crippen molar-refractivity contribution in [1.29, 1.82) is 0 Å². The summed E-state index contributed by atoms with van der Waals surface area (Å²) < 4.78 is 0.768. The highest BCUT2D eigenvalue weighted by Crippen LogP contribution is 2.26. The number of halogens is 1. The van der Waals surface area contributed by atoms with E-state index >= 15 is 0 Å². The van der Waals surface area contributed by atoms with Gasteiger partial charge in [-0.2, -0.15) is 5.10 Å². The van der Waals surface area contributed by atoms with Crippen LogP contribution >= 0.6 is 15.9 Å². The van der Waals surface area contributed by atoms with Gasteiger partial charge < -0.3 is 9.80 Å². The Bertz CT molecular complexity index is 748. The van der Waals surface area contributed by atoms with E-state index in [1.165, 1.54) is 24.9 Å². The molecule has 1 aromatic heterocycles. The summed E-state index contributed by atoms with van der Waals surface area (Å²) in [5, 5.41) is 7.17. The molecule has 2 aromatic rings. The van der Waals surface area contributed by atoms with Crippen molar-refractivity contribution in [2.45, 2.75) is 45.6 Å². The monoisotopic (exact) mass is 418 g/mol. The molecular weight excluding hydrogens is 392 g/mol. The van der Waals surface area contributed by atoms with Crippen LogP contribution in [-0.2, 0) is 6.54 Å². The van der Waals surface area contributed by atoms with Crippen LogP contribution in [0.3, 0.4) is 0 Å². The van der Waals surface area contributed by atoms with Gasteiger partial charge in [-0.15, -0.1) is 0 Å². The van der Waals surface area contributed by atoms with Crippen LogP contribution < -0.4 is 4.90 Å². The molecule has 0 radical (unpaired) electrons. The number of benzene rings is 1. The van der Waals surface area contributed by atoms with Gasteiger partial charge in [-0.25, -0.2) is 0 Å². The molecule has 0 aliphatic carbocycles. The lowest BCUT2D eigenvalue weighted by molar-refractivity contribution is 0.0778. The molecule has 1 saturated heterocycles. The molecule has 2 heterocycles. The van der Waals surface area contributed by atoms with Gasteiger partial charge in [0.1, 0.15) is 0 Å². The third-order valence-electron chi connectivity index (χ3n) is 4.94. The molecule has 140 valence electrons. The minimum absolute atomic E-state index is 0.0832. The van der Waals surface area contributed by atoms with Gasteiger partial charge in [0.05, 0.1) is 10.2 Å². The van der Waals surface area contributed by atoms with Crippen LogP contribution in [0, 0.1) is 0 Å². The number of nitrogens with zero attached hydrogens (tertiary/aromatic N) is 3. The summed E-state index contributed by atoms with van der Waals surface area (Å²) in [6.45, 7) is 6.99. The molecule has 1 fully saturated rings. The summed E-state index contributed by atoms with van der Waals surface area (Å²) in [6, 6.07) is 8.57. The summed E-state index contributed by atoms with van der Waals surface area (Å²) in [7, 11) is 1.82. The number of aromatic nitrogens is 2. The van der Waals surface area contributed by atoms with E-state index in [1.807, 2.05) is 7.05 Å². The normalized spacial score (nSPS) is 14.7. The van der Waals surface area contributed by atoms with Crippen molar-refractivity contribution in [3.8, 4) is 0 Å². The Morgan fingerprint density at radius 1 is 1.23 bits per heavy atom. The van der Waals surface area contributed by atoms with Crippen molar-refractivity contribution in [1.82, 2.24) is 15.1 Å². The fraction of sp³-hybridized carbons (Fsp3) is 0.500. The Balaban J connectivity index is 1.65. The van der Waals surface area contributed by atoms with Crippen LogP contribution in [0.5, 0.6) is 0 Å². The molecule has 0 saturated carbocycles. The summed E-state index contributed by atoms with van der Waals surface area (Å²) in [5.41, 5.74) is 3.80. The first-order valence-electron chi connectivity index (χ1n) is 9.30. The van der Waals surface area contributed by atoms with Crippen molar-refractivity contribution in [2.24, 2.45) is 0 Å². The van der Waals surface area contributed by atoms with E-state index in [0.717, 1.165) is 28.8 Å². The van der Waals surface area contributed by atoms with Crippen molar-refractivity contribution < 1.29 is 4.79 Å². The lowest BCUT2D eigenvalue weighted by atomic mass is 10.1. The Labute approximate surface area is 163 Å². The number of hydrogen-bond acceptors (Lipinski definition) is 3. The Hall–Kier alpha value is -1.82. The van der Waals surface area contributed by atoms with E-state index in [-0.39, 0.29) is 11.8 Å². The Morgan fingerprint density at radius 3 is 2.46 bits per heavy atom. The number of anilines is 1. The Morgan fingerprint density at radius 2 is 1.88 bits per heavy atom. The maximum atomic E-state index is 12.7. The van der Waals surface area contributed by atoms with E-state index in [2.05, 4.69) is 69.1 Å². The third-order valence-corrected chi connectivity index (χ3v) is 5.74. The zero-order chi connectivity index (χ0) is 18.7. The van der Waals surface area contributed by atoms with Crippen LogP contribution in [0.4, 0.5) is 5.69 Å². The highest BCUT2D eigenvalue weighted by Gasteiger charge is 2.22. The highest BCUT2D eigenvalue weighted by atomic mass is 79.9. The number of rotatable bonds is 5. The van der Waals surface area contributed by atoms with Crippen molar-refractivity contribution in [2.75, 3.05) is 25.0 Å². The number of carbonyl (C=O) groups excluding carboxylic acids is 1. The molecule has 0 unspecified atom stereocenters. The molecule has 1 aliphatic heterocycles. The summed E-state index contributed by atoms with van der Waals surface area (Å²) in [5.74, 6) is 0.200. The summed E-state index contributed by atoms with van der Waals surface area (Å²) >= 11 is 3.51. The van der Waals surface area contributed by atoms with Crippen molar-refractivity contribution >= 4 is 27.5 Å². The predicted octanol–water partition coefficient (Wildman–Crippen LogP) is 4.56. The standard InChI is InChI=1S/C20H27BrN4O/c1-14(2)18-17(21)19(23-22-18)20(26)24(3)13-15-7-9-16(10-8-15)25-11-5-4-6-12-25/h7-10,14H,4-6,11-13H2,1-3H3,(H,22,23). The van der Waals surface area contributed by atoms with E-state index < -0.39 is 0 Å². The van der Waals surface area contributed by atoms with Gasteiger partial charge in [-0.1, -0.05) is 26.0 Å². The molecule has 1 N–H and O–H groups in total. The van der Waals surface area contributed by atoms with Gasteiger partial charge in [0, 0.05) is 32.4 Å². The van der Waals surface area contributed by atoms with Crippen LogP contribution in [0.1, 0.15) is 60.8 Å². The van der Waals surface area contributed by atoms with E-state index in [9.17, 15) is 4.79 Å². The van der Waals surface area contributed by atoms with Crippen LogP contribution in [0.25, 0.3) is 0 Å². The molecule has 3 rings (SSSR count). The van der Waals surface area contributed by atoms with Gasteiger partial charge >= 0.3 is 0 Å². The topological polar surface area (TPSA) is 52.2 Å². The number of carbonyl (C=O) groups is 1. The molecule has 0 bridgehead atoms. The van der Waals surface area contributed by atoms with Gasteiger partial charge in [0.25, 0.3) is 5.91 Å². The second kappa shape index (κ2) is 8.25.